The molecule has 0 saturated heterocycles. The fourth-order valence-electron chi connectivity index (χ4n) is 1.12. The molecule has 0 aliphatic rings. The molecule has 1 aromatic carbocycles. The summed E-state index contributed by atoms with van der Waals surface area (Å²) >= 11 is 0. The average Bonchev–Trinajstić information content (AvgIpc) is 2.07. The summed E-state index contributed by atoms with van der Waals surface area (Å²) < 4.78 is 0. The summed E-state index contributed by atoms with van der Waals surface area (Å²) in [6.07, 6.45) is 0. The van der Waals surface area contributed by atoms with Crippen LogP contribution in [-0.2, 0) is 0 Å². The maximum Gasteiger partial charge on any atom is 0.123 e. The van der Waals surface area contributed by atoms with E-state index in [1.165, 1.54) is 0 Å². The number of nitrogens with zero attached hydrogens (tertiary/aromatic N) is 2. The van der Waals surface area contributed by atoms with Crippen molar-refractivity contribution in [3.05, 3.63) is 35.9 Å². The van der Waals surface area contributed by atoms with E-state index in [1.54, 1.807) is 0 Å². The molecule has 0 heterocycles. The zero-order chi connectivity index (χ0) is 8.97. The van der Waals surface area contributed by atoms with Gasteiger partial charge in [0.2, 0.25) is 0 Å². The SMILES string of the molecule is CN(C)[C@@H](C#N)c1ccccc1. The van der Waals surface area contributed by atoms with E-state index < -0.39 is 0 Å². The highest BCUT2D eigenvalue weighted by molar-refractivity contribution is 5.23. The zero-order valence-corrected chi connectivity index (χ0v) is 7.36. The Labute approximate surface area is 73.0 Å². The fourth-order valence-corrected chi connectivity index (χ4v) is 1.12. The lowest BCUT2D eigenvalue weighted by molar-refractivity contribution is 0.358. The Hall–Kier alpha value is -1.33. The molecule has 2 heteroatoms. The summed E-state index contributed by atoms with van der Waals surface area (Å²) in [5, 5.41) is 8.86. The van der Waals surface area contributed by atoms with Crippen molar-refractivity contribution >= 4 is 0 Å². The molecular formula is C10H12N2. The van der Waals surface area contributed by atoms with Gasteiger partial charge in [-0.2, -0.15) is 5.26 Å². The molecule has 0 aliphatic carbocycles. The van der Waals surface area contributed by atoms with Crippen LogP contribution < -0.4 is 0 Å². The van der Waals surface area contributed by atoms with Gasteiger partial charge < -0.3 is 0 Å². The first kappa shape index (κ1) is 8.76. The van der Waals surface area contributed by atoms with Crippen LogP contribution in [0.25, 0.3) is 0 Å². The first-order valence-electron chi connectivity index (χ1n) is 3.86. The average molecular weight is 160 g/mol. The Morgan fingerprint density at radius 3 is 2.25 bits per heavy atom. The van der Waals surface area contributed by atoms with E-state index >= 15 is 0 Å². The normalized spacial score (nSPS) is 12.5. The standard InChI is InChI=1S/C10H12N2/c1-12(2)10(8-11)9-6-4-3-5-7-9/h3-7,10H,1-2H3/t10-/m0/s1. The third kappa shape index (κ3) is 1.84. The van der Waals surface area contributed by atoms with E-state index in [9.17, 15) is 0 Å². The molecule has 62 valence electrons. The molecule has 0 aliphatic heterocycles. The van der Waals surface area contributed by atoms with Crippen LogP contribution in [0.1, 0.15) is 11.6 Å². The molecule has 0 unspecified atom stereocenters. The second-order valence-corrected chi connectivity index (χ2v) is 2.91. The minimum absolute atomic E-state index is 0.133. The van der Waals surface area contributed by atoms with E-state index in [0.717, 1.165) is 5.56 Å². The quantitative estimate of drug-likeness (QED) is 0.659. The highest BCUT2D eigenvalue weighted by Crippen LogP contribution is 2.15. The first-order valence-corrected chi connectivity index (χ1v) is 3.86. The Bertz CT molecular complexity index is 272. The van der Waals surface area contributed by atoms with Gasteiger partial charge in [-0.15, -0.1) is 0 Å². The van der Waals surface area contributed by atoms with Gasteiger partial charge in [0.05, 0.1) is 6.07 Å². The van der Waals surface area contributed by atoms with Crippen molar-refractivity contribution in [2.24, 2.45) is 0 Å². The monoisotopic (exact) mass is 160 g/mol. The summed E-state index contributed by atoms with van der Waals surface area (Å²) in [6, 6.07) is 11.9. The Morgan fingerprint density at radius 1 is 1.25 bits per heavy atom. The van der Waals surface area contributed by atoms with Crippen LogP contribution in [0.5, 0.6) is 0 Å². The third-order valence-electron chi connectivity index (χ3n) is 1.75. The third-order valence-corrected chi connectivity index (χ3v) is 1.75. The molecule has 1 aromatic rings. The Kier molecular flexibility index (Phi) is 2.84. The number of rotatable bonds is 2. The summed E-state index contributed by atoms with van der Waals surface area (Å²) in [4.78, 5) is 1.90. The van der Waals surface area contributed by atoms with Gasteiger partial charge in [-0.25, -0.2) is 0 Å². The van der Waals surface area contributed by atoms with Crippen molar-refractivity contribution in [2.75, 3.05) is 14.1 Å². The smallest absolute Gasteiger partial charge is 0.123 e. The summed E-state index contributed by atoms with van der Waals surface area (Å²) in [5.74, 6) is 0. The van der Waals surface area contributed by atoms with E-state index in [-0.39, 0.29) is 6.04 Å². The van der Waals surface area contributed by atoms with E-state index in [2.05, 4.69) is 6.07 Å². The van der Waals surface area contributed by atoms with Crippen molar-refractivity contribution in [1.82, 2.24) is 4.90 Å². The molecule has 2 nitrogen and oxygen atoms in total. The van der Waals surface area contributed by atoms with Crippen LogP contribution in [0.2, 0.25) is 0 Å². The first-order chi connectivity index (χ1) is 5.75. The molecule has 0 fully saturated rings. The lowest BCUT2D eigenvalue weighted by atomic mass is 10.1. The lowest BCUT2D eigenvalue weighted by Gasteiger charge is -2.16. The number of hydrogen-bond acceptors (Lipinski definition) is 2. The van der Waals surface area contributed by atoms with Gasteiger partial charge in [0.15, 0.2) is 0 Å². The Balaban J connectivity index is 2.90. The molecule has 0 aromatic heterocycles. The predicted octanol–water partition coefficient (Wildman–Crippen LogP) is 1.81. The minimum Gasteiger partial charge on any atom is -0.291 e. The highest BCUT2D eigenvalue weighted by Gasteiger charge is 2.10. The summed E-state index contributed by atoms with van der Waals surface area (Å²) in [5.41, 5.74) is 1.05. The molecule has 0 N–H and O–H groups in total. The van der Waals surface area contributed by atoms with E-state index in [1.807, 2.05) is 49.3 Å². The van der Waals surface area contributed by atoms with Crippen LogP contribution in [-0.4, -0.2) is 19.0 Å². The minimum atomic E-state index is -0.133. The molecular weight excluding hydrogens is 148 g/mol. The van der Waals surface area contributed by atoms with E-state index in [0.29, 0.717) is 0 Å². The molecule has 0 bridgehead atoms. The molecule has 1 atom stereocenters. The lowest BCUT2D eigenvalue weighted by Crippen LogP contribution is -2.17. The van der Waals surface area contributed by atoms with Crippen LogP contribution in [0, 0.1) is 11.3 Å². The van der Waals surface area contributed by atoms with Crippen molar-refractivity contribution < 1.29 is 0 Å². The maximum atomic E-state index is 8.86. The van der Waals surface area contributed by atoms with Crippen LogP contribution in [0.15, 0.2) is 30.3 Å². The van der Waals surface area contributed by atoms with Gasteiger partial charge in [-0.3, -0.25) is 4.90 Å². The predicted molar refractivity (Wildman–Crippen MR) is 48.5 cm³/mol. The number of hydrogen-bond donors (Lipinski definition) is 0. The van der Waals surface area contributed by atoms with Gasteiger partial charge in [-0.1, -0.05) is 30.3 Å². The van der Waals surface area contributed by atoms with Gasteiger partial charge in [0.25, 0.3) is 0 Å². The summed E-state index contributed by atoms with van der Waals surface area (Å²) in [7, 11) is 3.81. The van der Waals surface area contributed by atoms with Gasteiger partial charge in [0.1, 0.15) is 6.04 Å². The zero-order valence-electron chi connectivity index (χ0n) is 7.36. The van der Waals surface area contributed by atoms with Crippen molar-refractivity contribution in [3.8, 4) is 6.07 Å². The molecule has 0 radical (unpaired) electrons. The van der Waals surface area contributed by atoms with Crippen LogP contribution in [0.4, 0.5) is 0 Å². The van der Waals surface area contributed by atoms with Crippen molar-refractivity contribution in [2.45, 2.75) is 6.04 Å². The largest absolute Gasteiger partial charge is 0.291 e. The topological polar surface area (TPSA) is 27.0 Å². The highest BCUT2D eigenvalue weighted by atomic mass is 15.1. The van der Waals surface area contributed by atoms with Gasteiger partial charge in [-0.05, 0) is 19.7 Å². The molecule has 12 heavy (non-hydrogen) atoms. The van der Waals surface area contributed by atoms with E-state index in [4.69, 9.17) is 5.26 Å². The molecule has 0 spiro atoms. The van der Waals surface area contributed by atoms with Crippen LogP contribution >= 0.6 is 0 Å². The van der Waals surface area contributed by atoms with Gasteiger partial charge in [0, 0.05) is 0 Å². The fraction of sp³-hybridized carbons (Fsp3) is 0.300. The summed E-state index contributed by atoms with van der Waals surface area (Å²) in [6.45, 7) is 0. The Morgan fingerprint density at radius 2 is 1.83 bits per heavy atom. The van der Waals surface area contributed by atoms with Gasteiger partial charge >= 0.3 is 0 Å². The number of nitriles is 1. The molecule has 1 rings (SSSR count). The van der Waals surface area contributed by atoms with Crippen LogP contribution in [0.3, 0.4) is 0 Å². The van der Waals surface area contributed by atoms with Crippen molar-refractivity contribution in [1.29, 1.82) is 5.26 Å². The second kappa shape index (κ2) is 3.89. The second-order valence-electron chi connectivity index (χ2n) is 2.91. The molecule has 0 amide bonds. The molecule has 0 saturated carbocycles. The van der Waals surface area contributed by atoms with Crippen molar-refractivity contribution in [3.63, 3.8) is 0 Å². The maximum absolute atomic E-state index is 8.86. The number of benzene rings is 1.